The molecule has 30 heavy (non-hydrogen) atoms. The zero-order valence-corrected chi connectivity index (χ0v) is 17.6. The van der Waals surface area contributed by atoms with Crippen LogP contribution in [-0.4, -0.2) is 30.1 Å². The van der Waals surface area contributed by atoms with E-state index in [-0.39, 0.29) is 17.7 Å². The van der Waals surface area contributed by atoms with E-state index >= 15 is 0 Å². The molecule has 2 N–H and O–H groups in total. The minimum atomic E-state index is -0.171. The Balaban J connectivity index is 1.61. The summed E-state index contributed by atoms with van der Waals surface area (Å²) in [4.78, 5) is 15.6. The van der Waals surface area contributed by atoms with E-state index in [1.54, 1.807) is 0 Å². The first-order chi connectivity index (χ1) is 14.5. The number of aromatic nitrogens is 2. The van der Waals surface area contributed by atoms with Crippen molar-refractivity contribution < 1.29 is 4.79 Å². The summed E-state index contributed by atoms with van der Waals surface area (Å²) in [6.07, 6.45) is 1.40. The van der Waals surface area contributed by atoms with Gasteiger partial charge >= 0.3 is 0 Å². The highest BCUT2D eigenvalue weighted by atomic mass is 16.1. The van der Waals surface area contributed by atoms with Crippen molar-refractivity contribution in [2.45, 2.75) is 31.7 Å². The molecule has 0 amide bonds. The molecule has 1 aliphatic carbocycles. The molecule has 2 heterocycles. The zero-order chi connectivity index (χ0) is 20.8. The first-order valence-corrected chi connectivity index (χ1v) is 10.4. The van der Waals surface area contributed by atoms with Crippen LogP contribution in [-0.2, 0) is 4.79 Å². The Morgan fingerprint density at radius 3 is 2.40 bits per heavy atom. The van der Waals surface area contributed by atoms with Gasteiger partial charge in [-0.05, 0) is 48.1 Å². The van der Waals surface area contributed by atoms with Crippen LogP contribution in [0.3, 0.4) is 0 Å². The molecule has 0 saturated heterocycles. The van der Waals surface area contributed by atoms with Gasteiger partial charge in [0.05, 0.1) is 6.04 Å². The molecule has 5 heteroatoms. The maximum Gasteiger partial charge on any atom is 0.162 e. The molecular weight excluding hydrogens is 372 g/mol. The van der Waals surface area contributed by atoms with E-state index in [0.717, 1.165) is 45.9 Å². The highest BCUT2D eigenvalue weighted by Crippen LogP contribution is 2.49. The summed E-state index contributed by atoms with van der Waals surface area (Å²) in [5.74, 6) is 1.27. The van der Waals surface area contributed by atoms with E-state index < -0.39 is 0 Å². The van der Waals surface area contributed by atoms with Crippen LogP contribution in [0.5, 0.6) is 0 Å². The number of nitrogens with zero attached hydrogens (tertiary/aromatic N) is 2. The molecule has 2 aliphatic rings. The predicted octanol–water partition coefficient (Wildman–Crippen LogP) is 4.85. The van der Waals surface area contributed by atoms with Crippen molar-refractivity contribution in [2.24, 2.45) is 0 Å². The van der Waals surface area contributed by atoms with Crippen LogP contribution in [0.4, 0.5) is 11.5 Å². The van der Waals surface area contributed by atoms with Crippen LogP contribution in [0.15, 0.2) is 60.2 Å². The Morgan fingerprint density at radius 2 is 1.70 bits per heavy atom. The lowest BCUT2D eigenvalue weighted by Gasteiger charge is -2.35. The second-order valence-corrected chi connectivity index (χ2v) is 8.47. The third-order valence-electron chi connectivity index (χ3n) is 6.34. The van der Waals surface area contributed by atoms with Gasteiger partial charge < -0.3 is 10.2 Å². The molecule has 2 aromatic carbocycles. The topological polar surface area (TPSA) is 61.0 Å². The third kappa shape index (κ3) is 3.02. The Bertz CT molecular complexity index is 1130. The summed E-state index contributed by atoms with van der Waals surface area (Å²) in [5.41, 5.74) is 7.57. The SMILES string of the molecule is Cc1[nH]nc2c1C1=C(C(=O)CC(c3ccccc3)C1)C(c1ccc(N(C)C)cc1)N2. The molecule has 0 bridgehead atoms. The summed E-state index contributed by atoms with van der Waals surface area (Å²) >= 11 is 0. The molecule has 0 radical (unpaired) electrons. The highest BCUT2D eigenvalue weighted by Gasteiger charge is 2.39. The molecule has 0 fully saturated rings. The highest BCUT2D eigenvalue weighted by molar-refractivity contribution is 6.09. The van der Waals surface area contributed by atoms with Crippen molar-refractivity contribution in [3.05, 3.63) is 82.6 Å². The summed E-state index contributed by atoms with van der Waals surface area (Å²) in [7, 11) is 4.06. The zero-order valence-electron chi connectivity index (χ0n) is 17.6. The predicted molar refractivity (Wildman–Crippen MR) is 121 cm³/mol. The lowest BCUT2D eigenvalue weighted by Crippen LogP contribution is -2.29. The lowest BCUT2D eigenvalue weighted by atomic mass is 9.73. The standard InChI is InChI=1S/C25H26N4O/c1-15-22-20-13-18(16-7-5-4-6-8-16)14-21(30)23(20)24(26-25(22)28-27-15)17-9-11-19(12-10-17)29(2)3/h4-12,18,24H,13-14H2,1-3H3,(H2,26,27,28). The molecule has 5 rings (SSSR count). The maximum absolute atomic E-state index is 13.5. The van der Waals surface area contributed by atoms with Gasteiger partial charge in [-0.3, -0.25) is 9.89 Å². The number of carbonyl (C=O) groups is 1. The number of ketones is 1. The van der Waals surface area contributed by atoms with E-state index in [2.05, 4.69) is 68.9 Å². The van der Waals surface area contributed by atoms with Gasteiger partial charge in [0, 0.05) is 43.0 Å². The number of hydrogen-bond acceptors (Lipinski definition) is 4. The Labute approximate surface area is 176 Å². The molecule has 2 unspecified atom stereocenters. The quantitative estimate of drug-likeness (QED) is 0.662. The monoisotopic (exact) mass is 398 g/mol. The number of Topliss-reactive ketones (excluding diaryl/α,β-unsaturated/α-hetero) is 1. The molecule has 1 aliphatic heterocycles. The van der Waals surface area contributed by atoms with E-state index in [1.165, 1.54) is 5.56 Å². The minimum Gasteiger partial charge on any atom is -0.378 e. The number of H-pyrrole nitrogens is 1. The Kier molecular flexibility index (Phi) is 4.46. The van der Waals surface area contributed by atoms with Crippen molar-refractivity contribution in [1.82, 2.24) is 10.2 Å². The largest absolute Gasteiger partial charge is 0.378 e. The number of nitrogens with one attached hydrogen (secondary N) is 2. The van der Waals surface area contributed by atoms with Crippen molar-refractivity contribution >= 4 is 22.9 Å². The van der Waals surface area contributed by atoms with Gasteiger partial charge in [-0.2, -0.15) is 5.10 Å². The number of carbonyl (C=O) groups excluding carboxylic acids is 1. The van der Waals surface area contributed by atoms with Gasteiger partial charge in [0.2, 0.25) is 0 Å². The van der Waals surface area contributed by atoms with Crippen LogP contribution in [0.25, 0.3) is 5.57 Å². The average molecular weight is 399 g/mol. The van der Waals surface area contributed by atoms with Crippen LogP contribution < -0.4 is 10.2 Å². The molecule has 1 aromatic heterocycles. The Hall–Kier alpha value is -3.34. The van der Waals surface area contributed by atoms with E-state index in [0.29, 0.717) is 6.42 Å². The van der Waals surface area contributed by atoms with Crippen molar-refractivity contribution in [3.63, 3.8) is 0 Å². The number of aromatic amines is 1. The number of benzene rings is 2. The van der Waals surface area contributed by atoms with Gasteiger partial charge in [-0.25, -0.2) is 0 Å². The van der Waals surface area contributed by atoms with E-state index in [1.807, 2.05) is 27.1 Å². The molecule has 5 nitrogen and oxygen atoms in total. The summed E-state index contributed by atoms with van der Waals surface area (Å²) < 4.78 is 0. The first kappa shape index (κ1) is 18.7. The first-order valence-electron chi connectivity index (χ1n) is 10.4. The molecule has 3 aromatic rings. The number of anilines is 2. The van der Waals surface area contributed by atoms with Crippen molar-refractivity contribution in [3.8, 4) is 0 Å². The number of fused-ring (bicyclic) bond motifs is 2. The molecule has 0 spiro atoms. The van der Waals surface area contributed by atoms with Crippen LogP contribution in [0, 0.1) is 6.92 Å². The maximum atomic E-state index is 13.5. The molecule has 2 atom stereocenters. The van der Waals surface area contributed by atoms with Crippen LogP contribution in [0.2, 0.25) is 0 Å². The fraction of sp³-hybridized carbons (Fsp3) is 0.280. The summed E-state index contributed by atoms with van der Waals surface area (Å²) in [6.45, 7) is 2.03. The second kappa shape index (κ2) is 7.17. The summed E-state index contributed by atoms with van der Waals surface area (Å²) in [5, 5.41) is 11.1. The molecule has 152 valence electrons. The van der Waals surface area contributed by atoms with Gasteiger partial charge in [0.1, 0.15) is 0 Å². The van der Waals surface area contributed by atoms with Crippen molar-refractivity contribution in [1.29, 1.82) is 0 Å². The number of aryl methyl sites for hydroxylation is 1. The van der Waals surface area contributed by atoms with Gasteiger partial charge in [0.15, 0.2) is 11.6 Å². The molecular formula is C25H26N4O. The fourth-order valence-corrected chi connectivity index (χ4v) is 4.79. The smallest absolute Gasteiger partial charge is 0.162 e. The third-order valence-corrected chi connectivity index (χ3v) is 6.34. The van der Waals surface area contributed by atoms with Gasteiger partial charge in [0.25, 0.3) is 0 Å². The van der Waals surface area contributed by atoms with Crippen molar-refractivity contribution in [2.75, 3.05) is 24.3 Å². The minimum absolute atomic E-state index is 0.171. The van der Waals surface area contributed by atoms with E-state index in [9.17, 15) is 4.79 Å². The lowest BCUT2D eigenvalue weighted by molar-refractivity contribution is -0.116. The number of allylic oxidation sites excluding steroid dienone is 1. The normalized spacial score (nSPS) is 20.4. The number of hydrogen-bond donors (Lipinski definition) is 2. The summed E-state index contributed by atoms with van der Waals surface area (Å²) in [6, 6.07) is 18.6. The van der Waals surface area contributed by atoms with Gasteiger partial charge in [-0.1, -0.05) is 42.5 Å². The van der Waals surface area contributed by atoms with E-state index in [4.69, 9.17) is 0 Å². The van der Waals surface area contributed by atoms with Crippen LogP contribution >= 0.6 is 0 Å². The number of rotatable bonds is 3. The molecule has 0 saturated carbocycles. The second-order valence-electron chi connectivity index (χ2n) is 8.47. The van der Waals surface area contributed by atoms with Crippen LogP contribution in [0.1, 0.15) is 47.2 Å². The fourth-order valence-electron chi connectivity index (χ4n) is 4.79. The van der Waals surface area contributed by atoms with Gasteiger partial charge in [-0.15, -0.1) is 0 Å². The Morgan fingerprint density at radius 1 is 0.967 bits per heavy atom. The average Bonchev–Trinajstić information content (AvgIpc) is 3.14.